The molecular weight excluding hydrogens is 552 g/mol. The molecule has 1 heterocycles. The second-order valence-corrected chi connectivity index (χ2v) is 10.2. The fraction of sp³-hybridized carbons (Fsp3) is 0.208. The van der Waals surface area contributed by atoms with E-state index in [1.807, 2.05) is 5.10 Å². The molecule has 4 rings (SSSR count). The Balaban J connectivity index is 1.31. The highest BCUT2D eigenvalue weighted by Gasteiger charge is 2.35. The highest BCUT2D eigenvalue weighted by atomic mass is 35.5. The van der Waals surface area contributed by atoms with E-state index >= 15 is 0 Å². The summed E-state index contributed by atoms with van der Waals surface area (Å²) in [6, 6.07) is 13.2. The number of ether oxygens (including phenoxy) is 1. The van der Waals surface area contributed by atoms with Crippen LogP contribution in [-0.4, -0.2) is 43.4 Å². The normalized spacial score (nSPS) is 13.0. The summed E-state index contributed by atoms with van der Waals surface area (Å²) in [6.45, 7) is 0.491. The molecule has 0 fully saturated rings. The van der Waals surface area contributed by atoms with Crippen molar-refractivity contribution in [1.82, 2.24) is 15.5 Å². The first-order chi connectivity index (χ1) is 18.0. The largest absolute Gasteiger partial charge is 0.492 e. The Hall–Kier alpha value is -3.39. The zero-order valence-electron chi connectivity index (χ0n) is 19.4. The van der Waals surface area contributed by atoms with Crippen LogP contribution in [0.1, 0.15) is 17.4 Å². The van der Waals surface area contributed by atoms with E-state index in [4.69, 9.17) is 16.3 Å². The molecule has 0 aliphatic carbocycles. The topological polar surface area (TPSA) is 116 Å². The number of aromatic nitrogens is 2. The summed E-state index contributed by atoms with van der Waals surface area (Å²) in [5, 5.41) is 19.1. The average Bonchev–Trinajstić information content (AvgIpc) is 3.29. The van der Waals surface area contributed by atoms with Gasteiger partial charge in [-0.25, -0.2) is 12.8 Å². The van der Waals surface area contributed by atoms with Crippen LogP contribution in [0.25, 0.3) is 10.9 Å². The van der Waals surface area contributed by atoms with E-state index in [-0.39, 0.29) is 41.3 Å². The van der Waals surface area contributed by atoms with Crippen LogP contribution in [0.15, 0.2) is 65.6 Å². The molecule has 0 saturated carbocycles. The van der Waals surface area contributed by atoms with Crippen LogP contribution in [0, 0.1) is 5.82 Å². The number of anilines is 1. The lowest BCUT2D eigenvalue weighted by atomic mass is 10.1. The van der Waals surface area contributed by atoms with Crippen molar-refractivity contribution in [2.24, 2.45) is 0 Å². The van der Waals surface area contributed by atoms with Gasteiger partial charge in [0.1, 0.15) is 28.8 Å². The maximum atomic E-state index is 14.0. The molecule has 38 heavy (non-hydrogen) atoms. The number of H-pyrrole nitrogens is 1. The Bertz CT molecular complexity index is 1550. The van der Waals surface area contributed by atoms with Crippen LogP contribution in [0.2, 0.25) is 5.02 Å². The maximum Gasteiger partial charge on any atom is 0.433 e. The number of aliphatic hydroxyl groups is 1. The number of alkyl halides is 3. The van der Waals surface area contributed by atoms with Gasteiger partial charge in [0, 0.05) is 24.5 Å². The van der Waals surface area contributed by atoms with Crippen LogP contribution in [-0.2, 0) is 16.2 Å². The number of benzene rings is 3. The van der Waals surface area contributed by atoms with Crippen molar-refractivity contribution in [2.45, 2.75) is 17.2 Å². The first-order valence-electron chi connectivity index (χ1n) is 11.1. The number of fused-ring (bicyclic) bond motifs is 1. The Morgan fingerprint density at radius 1 is 1.11 bits per heavy atom. The molecular formula is C24H21ClF4N4O4S. The molecule has 8 nitrogen and oxygen atoms in total. The minimum absolute atomic E-state index is 0.0303. The lowest BCUT2D eigenvalue weighted by molar-refractivity contribution is -0.139. The molecule has 0 bridgehead atoms. The number of rotatable bonds is 10. The molecule has 4 aromatic rings. The minimum atomic E-state index is -4.54. The van der Waals surface area contributed by atoms with E-state index in [2.05, 4.69) is 15.1 Å². The van der Waals surface area contributed by atoms with Crippen molar-refractivity contribution in [3.8, 4) is 5.75 Å². The Labute approximate surface area is 219 Å². The number of aromatic amines is 1. The Morgan fingerprint density at radius 3 is 2.61 bits per heavy atom. The molecule has 14 heteroatoms. The van der Waals surface area contributed by atoms with E-state index in [0.29, 0.717) is 11.3 Å². The molecule has 0 aliphatic heterocycles. The standard InChI is InChI=1S/C24H21ClF4N4O4S/c25-17-8-5-14(11-20(17)33-38(35,36)22-4-2-1-3-18(22)26)21(34)13-30-9-10-37-15-6-7-16-19(12-15)31-32-23(16)24(27,28)29/h1-8,11-12,21,30,33-34H,9-10,13H2,(H,31,32). The maximum absolute atomic E-state index is 14.0. The summed E-state index contributed by atoms with van der Waals surface area (Å²) in [4.78, 5) is -0.545. The quantitative estimate of drug-likeness (QED) is 0.159. The highest BCUT2D eigenvalue weighted by Crippen LogP contribution is 2.34. The molecule has 1 unspecified atom stereocenters. The average molecular weight is 573 g/mol. The van der Waals surface area contributed by atoms with Crippen molar-refractivity contribution in [1.29, 1.82) is 0 Å². The molecule has 1 atom stereocenters. The van der Waals surface area contributed by atoms with E-state index in [0.717, 1.165) is 12.1 Å². The Kier molecular flexibility index (Phi) is 8.11. The van der Waals surface area contributed by atoms with E-state index < -0.39 is 38.7 Å². The zero-order chi connectivity index (χ0) is 27.5. The van der Waals surface area contributed by atoms with Gasteiger partial charge in [-0.1, -0.05) is 29.8 Å². The summed E-state index contributed by atoms with van der Waals surface area (Å²) in [5.41, 5.74) is -0.502. The Morgan fingerprint density at radius 2 is 1.87 bits per heavy atom. The molecule has 3 aromatic carbocycles. The van der Waals surface area contributed by atoms with Gasteiger partial charge >= 0.3 is 6.18 Å². The number of halogens is 5. The number of sulfonamides is 1. The zero-order valence-corrected chi connectivity index (χ0v) is 21.0. The van der Waals surface area contributed by atoms with Crippen LogP contribution in [0.4, 0.5) is 23.2 Å². The van der Waals surface area contributed by atoms with Crippen molar-refractivity contribution >= 4 is 38.2 Å². The molecule has 0 spiro atoms. The summed E-state index contributed by atoms with van der Waals surface area (Å²) >= 11 is 6.10. The lowest BCUT2D eigenvalue weighted by Crippen LogP contribution is -2.26. The van der Waals surface area contributed by atoms with Crippen molar-refractivity contribution in [2.75, 3.05) is 24.4 Å². The van der Waals surface area contributed by atoms with Gasteiger partial charge in [0.2, 0.25) is 0 Å². The lowest BCUT2D eigenvalue weighted by Gasteiger charge is -2.16. The molecule has 1 aromatic heterocycles. The van der Waals surface area contributed by atoms with Gasteiger partial charge in [-0.2, -0.15) is 18.3 Å². The van der Waals surface area contributed by atoms with Gasteiger partial charge in [-0.05, 0) is 42.0 Å². The highest BCUT2D eigenvalue weighted by molar-refractivity contribution is 7.92. The molecule has 0 saturated heterocycles. The third-order valence-electron chi connectivity index (χ3n) is 5.44. The first-order valence-corrected chi connectivity index (χ1v) is 13.0. The SMILES string of the molecule is O=S(=O)(Nc1cc(C(O)CNCCOc2ccc3c(C(F)(F)F)[nH]nc3c2)ccc1Cl)c1ccccc1F. The summed E-state index contributed by atoms with van der Waals surface area (Å²) in [6.07, 6.45) is -5.60. The predicted octanol–water partition coefficient (Wildman–Crippen LogP) is 4.88. The van der Waals surface area contributed by atoms with E-state index in [1.54, 1.807) is 0 Å². The van der Waals surface area contributed by atoms with Gasteiger partial charge in [0.15, 0.2) is 0 Å². The van der Waals surface area contributed by atoms with Crippen LogP contribution < -0.4 is 14.8 Å². The third-order valence-corrected chi connectivity index (χ3v) is 7.17. The van der Waals surface area contributed by atoms with Gasteiger partial charge in [-0.3, -0.25) is 9.82 Å². The van der Waals surface area contributed by atoms with Gasteiger partial charge in [0.05, 0.1) is 22.3 Å². The van der Waals surface area contributed by atoms with Crippen molar-refractivity contribution in [3.05, 3.63) is 82.8 Å². The fourth-order valence-corrected chi connectivity index (χ4v) is 4.96. The second-order valence-electron chi connectivity index (χ2n) is 8.12. The van der Waals surface area contributed by atoms with Gasteiger partial charge in [-0.15, -0.1) is 0 Å². The second kappa shape index (κ2) is 11.2. The van der Waals surface area contributed by atoms with E-state index in [9.17, 15) is 31.1 Å². The monoisotopic (exact) mass is 572 g/mol. The third kappa shape index (κ3) is 6.35. The summed E-state index contributed by atoms with van der Waals surface area (Å²) in [5.74, 6) is -0.598. The molecule has 0 amide bonds. The van der Waals surface area contributed by atoms with Gasteiger partial charge < -0.3 is 15.2 Å². The number of hydrogen-bond donors (Lipinski definition) is 4. The number of hydrogen-bond acceptors (Lipinski definition) is 6. The van der Waals surface area contributed by atoms with Crippen LogP contribution in [0.5, 0.6) is 5.75 Å². The minimum Gasteiger partial charge on any atom is -0.492 e. The van der Waals surface area contributed by atoms with E-state index in [1.165, 1.54) is 48.5 Å². The van der Waals surface area contributed by atoms with Crippen molar-refractivity contribution in [3.63, 3.8) is 0 Å². The fourth-order valence-electron chi connectivity index (χ4n) is 3.59. The summed E-state index contributed by atoms with van der Waals surface area (Å²) < 4.78 is 85.7. The molecule has 0 radical (unpaired) electrons. The summed E-state index contributed by atoms with van der Waals surface area (Å²) in [7, 11) is -4.26. The van der Waals surface area contributed by atoms with Crippen LogP contribution in [0.3, 0.4) is 0 Å². The molecule has 202 valence electrons. The number of aliphatic hydroxyl groups excluding tert-OH is 1. The molecule has 4 N–H and O–H groups in total. The number of nitrogens with one attached hydrogen (secondary N) is 3. The van der Waals surface area contributed by atoms with Gasteiger partial charge in [0.25, 0.3) is 10.0 Å². The molecule has 0 aliphatic rings. The first kappa shape index (κ1) is 27.6. The van der Waals surface area contributed by atoms with Crippen LogP contribution >= 0.6 is 11.6 Å². The smallest absolute Gasteiger partial charge is 0.433 e. The predicted molar refractivity (Wildman–Crippen MR) is 133 cm³/mol. The number of nitrogens with zero attached hydrogens (tertiary/aromatic N) is 1. The van der Waals surface area contributed by atoms with Crippen molar-refractivity contribution < 1.29 is 35.8 Å².